The quantitative estimate of drug-likeness (QED) is 0.322. The van der Waals surface area contributed by atoms with E-state index in [1.54, 1.807) is 30.3 Å². The van der Waals surface area contributed by atoms with Crippen molar-refractivity contribution in [3.05, 3.63) is 56.9 Å². The van der Waals surface area contributed by atoms with Gasteiger partial charge >= 0.3 is 5.69 Å². The Morgan fingerprint density at radius 2 is 1.91 bits per heavy atom. The summed E-state index contributed by atoms with van der Waals surface area (Å²) in [4.78, 5) is 29.3. The van der Waals surface area contributed by atoms with Crippen LogP contribution in [0.4, 0.5) is 5.69 Å². The fourth-order valence-corrected chi connectivity index (χ4v) is 4.47. The number of imidazole rings is 1. The minimum Gasteiger partial charge on any atom is -0.325 e. The number of carbonyl (C=O) groups is 1. The predicted molar refractivity (Wildman–Crippen MR) is 129 cm³/mol. The van der Waals surface area contributed by atoms with E-state index < -0.39 is 0 Å². The number of carbonyl (C=O) groups excluding carboxylic acids is 1. The topological polar surface area (TPSA) is 108 Å². The Bertz CT molecular complexity index is 1340. The van der Waals surface area contributed by atoms with E-state index in [4.69, 9.17) is 23.2 Å². The minimum atomic E-state index is -0.292. The molecule has 0 spiro atoms. The van der Waals surface area contributed by atoms with Crippen LogP contribution in [0.2, 0.25) is 10.0 Å². The molecule has 0 aliphatic heterocycles. The Kier molecular flexibility index (Phi) is 6.59. The summed E-state index contributed by atoms with van der Waals surface area (Å²) in [7, 11) is 0. The number of amides is 1. The third-order valence-electron chi connectivity index (χ3n) is 4.57. The van der Waals surface area contributed by atoms with Crippen LogP contribution < -0.4 is 11.0 Å². The van der Waals surface area contributed by atoms with Crippen molar-refractivity contribution in [2.24, 2.45) is 5.92 Å². The number of nitrogens with one attached hydrogen (secondary N) is 3. The summed E-state index contributed by atoms with van der Waals surface area (Å²) in [5.41, 5.74) is 2.34. The van der Waals surface area contributed by atoms with Crippen molar-refractivity contribution in [1.82, 2.24) is 24.7 Å². The summed E-state index contributed by atoms with van der Waals surface area (Å²) in [6, 6.07) is 10.4. The van der Waals surface area contributed by atoms with Crippen molar-refractivity contribution in [1.29, 1.82) is 0 Å². The number of rotatable bonds is 7. The van der Waals surface area contributed by atoms with E-state index in [2.05, 4.69) is 39.3 Å². The molecule has 3 N–H and O–H groups in total. The number of fused-ring (bicyclic) bond motifs is 1. The molecule has 2 aromatic heterocycles. The van der Waals surface area contributed by atoms with E-state index in [9.17, 15) is 9.59 Å². The lowest BCUT2D eigenvalue weighted by atomic mass is 10.2. The molecule has 0 aliphatic rings. The fourth-order valence-electron chi connectivity index (χ4n) is 3.23. The van der Waals surface area contributed by atoms with Gasteiger partial charge in [0.15, 0.2) is 11.0 Å². The molecule has 2 heterocycles. The second-order valence-electron chi connectivity index (χ2n) is 7.61. The maximum absolute atomic E-state index is 12.5. The Balaban J connectivity index is 1.51. The lowest BCUT2D eigenvalue weighted by Gasteiger charge is -2.13. The first-order chi connectivity index (χ1) is 15.3. The minimum absolute atomic E-state index is 0.145. The fraction of sp³-hybridized carbons (Fsp3) is 0.238. The van der Waals surface area contributed by atoms with Crippen molar-refractivity contribution in [2.75, 3.05) is 11.1 Å². The smallest absolute Gasteiger partial charge is 0.323 e. The third-order valence-corrected chi connectivity index (χ3v) is 6.08. The van der Waals surface area contributed by atoms with Crippen LogP contribution in [-0.4, -0.2) is 36.4 Å². The zero-order chi connectivity index (χ0) is 22.8. The van der Waals surface area contributed by atoms with Gasteiger partial charge in [-0.2, -0.15) is 0 Å². The highest BCUT2D eigenvalue weighted by Gasteiger charge is 2.19. The zero-order valence-corrected chi connectivity index (χ0v) is 19.6. The first-order valence-electron chi connectivity index (χ1n) is 9.83. The van der Waals surface area contributed by atoms with Gasteiger partial charge in [0.1, 0.15) is 0 Å². The molecule has 0 saturated carbocycles. The number of aromatic nitrogens is 5. The van der Waals surface area contributed by atoms with E-state index in [0.717, 1.165) is 5.56 Å². The van der Waals surface area contributed by atoms with Crippen LogP contribution in [0.5, 0.6) is 0 Å². The molecule has 0 saturated heterocycles. The summed E-state index contributed by atoms with van der Waals surface area (Å²) in [6.07, 6.45) is 0. The molecule has 166 valence electrons. The Morgan fingerprint density at radius 3 is 2.66 bits per heavy atom. The first-order valence-corrected chi connectivity index (χ1v) is 11.6. The Morgan fingerprint density at radius 1 is 1.12 bits per heavy atom. The van der Waals surface area contributed by atoms with Crippen molar-refractivity contribution >= 4 is 57.6 Å². The number of hydrogen-bond acceptors (Lipinski definition) is 5. The van der Waals surface area contributed by atoms with Crippen LogP contribution in [0.3, 0.4) is 0 Å². The van der Waals surface area contributed by atoms with E-state index in [-0.39, 0.29) is 17.3 Å². The number of nitrogens with zero attached hydrogens (tertiary/aromatic N) is 3. The molecule has 32 heavy (non-hydrogen) atoms. The molecule has 1 amide bonds. The molecule has 8 nitrogen and oxygen atoms in total. The zero-order valence-electron chi connectivity index (χ0n) is 17.3. The first kappa shape index (κ1) is 22.4. The number of H-pyrrole nitrogens is 2. The molecule has 4 rings (SSSR count). The molecule has 4 aromatic rings. The highest BCUT2D eigenvalue weighted by atomic mass is 35.5. The monoisotopic (exact) mass is 490 g/mol. The average Bonchev–Trinajstić information content (AvgIpc) is 3.28. The lowest BCUT2D eigenvalue weighted by molar-refractivity contribution is -0.113. The van der Waals surface area contributed by atoms with E-state index in [0.29, 0.717) is 50.2 Å². The van der Waals surface area contributed by atoms with Crippen molar-refractivity contribution in [3.8, 4) is 11.4 Å². The van der Waals surface area contributed by atoms with Crippen molar-refractivity contribution < 1.29 is 4.79 Å². The lowest BCUT2D eigenvalue weighted by Crippen LogP contribution is -2.15. The van der Waals surface area contributed by atoms with Gasteiger partial charge in [0.05, 0.1) is 21.8 Å². The van der Waals surface area contributed by atoms with E-state index >= 15 is 0 Å². The molecular formula is C21H20Cl2N6O2S. The number of hydrogen-bond donors (Lipinski definition) is 3. The molecule has 0 atom stereocenters. The summed E-state index contributed by atoms with van der Waals surface area (Å²) in [5.74, 6) is 0.911. The van der Waals surface area contributed by atoms with Crippen LogP contribution >= 0.6 is 35.0 Å². The number of thioether (sulfide) groups is 1. The van der Waals surface area contributed by atoms with Crippen LogP contribution in [0.25, 0.3) is 22.4 Å². The molecule has 11 heteroatoms. The van der Waals surface area contributed by atoms with Gasteiger partial charge in [0.2, 0.25) is 5.91 Å². The molecule has 0 bridgehead atoms. The molecule has 0 fully saturated rings. The standard InChI is InChI=1S/C21H20Cl2N6O2S/c1-11(2)9-29-19(14-5-3-12(22)7-15(14)23)27-28-21(29)32-10-18(30)24-13-4-6-16-17(8-13)26-20(31)25-16/h3-8,11H,9-10H2,1-2H3,(H,24,30)(H2,25,26,31). The van der Waals surface area contributed by atoms with Gasteiger partial charge < -0.3 is 19.9 Å². The molecular weight excluding hydrogens is 471 g/mol. The number of halogens is 2. The summed E-state index contributed by atoms with van der Waals surface area (Å²) in [6.45, 7) is 4.86. The summed E-state index contributed by atoms with van der Waals surface area (Å²) >= 11 is 13.7. The summed E-state index contributed by atoms with van der Waals surface area (Å²) < 4.78 is 1.97. The molecule has 0 aliphatic carbocycles. The van der Waals surface area contributed by atoms with Gasteiger partial charge in [0.25, 0.3) is 0 Å². The molecule has 2 aromatic carbocycles. The Hall–Kier alpha value is -2.75. The van der Waals surface area contributed by atoms with Crippen molar-refractivity contribution in [3.63, 3.8) is 0 Å². The van der Waals surface area contributed by atoms with E-state index in [1.807, 2.05) is 10.6 Å². The van der Waals surface area contributed by atoms with Gasteiger partial charge in [-0.05, 0) is 42.3 Å². The van der Waals surface area contributed by atoms with E-state index in [1.165, 1.54) is 11.8 Å². The van der Waals surface area contributed by atoms with Crippen LogP contribution in [0, 0.1) is 5.92 Å². The van der Waals surface area contributed by atoms with Gasteiger partial charge in [-0.3, -0.25) is 4.79 Å². The maximum atomic E-state index is 12.5. The number of benzene rings is 2. The molecule has 0 unspecified atom stereocenters. The van der Waals surface area contributed by atoms with Gasteiger partial charge in [0, 0.05) is 22.8 Å². The van der Waals surface area contributed by atoms with Crippen molar-refractivity contribution in [2.45, 2.75) is 25.5 Å². The average molecular weight is 491 g/mol. The second-order valence-corrected chi connectivity index (χ2v) is 9.40. The summed E-state index contributed by atoms with van der Waals surface area (Å²) in [5, 5.41) is 13.1. The van der Waals surface area contributed by atoms with Crippen LogP contribution in [0.15, 0.2) is 46.3 Å². The second kappa shape index (κ2) is 9.40. The van der Waals surface area contributed by atoms with Crippen LogP contribution in [0.1, 0.15) is 13.8 Å². The predicted octanol–water partition coefficient (Wildman–Crippen LogP) is 4.81. The SMILES string of the molecule is CC(C)Cn1c(SCC(=O)Nc2ccc3[nH]c(=O)[nH]c3c2)nnc1-c1ccc(Cl)cc1Cl. The van der Waals surface area contributed by atoms with Crippen LogP contribution in [-0.2, 0) is 11.3 Å². The third kappa shape index (κ3) is 5.01. The Labute approximate surface area is 197 Å². The molecule has 0 radical (unpaired) electrons. The largest absolute Gasteiger partial charge is 0.325 e. The van der Waals surface area contributed by atoms with Gasteiger partial charge in [-0.15, -0.1) is 10.2 Å². The number of anilines is 1. The van der Waals surface area contributed by atoms with Gasteiger partial charge in [-0.1, -0.05) is 48.8 Å². The van der Waals surface area contributed by atoms with Gasteiger partial charge in [-0.25, -0.2) is 4.79 Å². The highest BCUT2D eigenvalue weighted by molar-refractivity contribution is 7.99. The normalized spacial score (nSPS) is 11.4. The highest BCUT2D eigenvalue weighted by Crippen LogP contribution is 2.32. The number of aromatic amines is 2. The maximum Gasteiger partial charge on any atom is 0.323 e.